The number of carbonyl (C=O) groups is 9. The number of esters is 6. The van der Waals surface area contributed by atoms with Gasteiger partial charge in [0.25, 0.3) is 5.91 Å². The molecule has 40 heteroatoms. The Kier molecular flexibility index (Phi) is 53.7. The number of amides is 2. The SMILES string of the molecule is C.C#CC[C@H](C)C(=O)O.C#CC[C@H](C)C(=O)OC.CC(C)N=[N+]=[N-].COC(=O)[C@@H](C)Cc1cn(C(C)C)nn1.COC(=O)[C@@H](N)Cc1cn(C(C)C)nn1.COC(=O)c1c(Cl)cc2c(c1Cl)CCN(C(=O)OC(C)(C)C)C2.COC(=O)c1c(Cl)cc2c(c1Cl)CCN(C(=O)c1ccc3ccoc3c1)C2.COC(=O)c1c(Cl)cc2c(c1Cl)CCNC2.Cl.[Cu][I]. The third-order valence-electron chi connectivity index (χ3n) is 17.3. The molecule has 0 saturated heterocycles. The van der Waals surface area contributed by atoms with Crippen molar-refractivity contribution >= 4 is 167 Å². The van der Waals surface area contributed by atoms with E-state index in [-0.39, 0.29) is 94.4 Å². The molecule has 4 aromatic carbocycles. The first kappa shape index (κ1) is 114. The van der Waals surface area contributed by atoms with Crippen LogP contribution in [0.2, 0.25) is 30.1 Å². The number of hydrogen-bond donors (Lipinski definition) is 3. The second-order valence-electron chi connectivity index (χ2n) is 28.6. The van der Waals surface area contributed by atoms with Gasteiger partial charge in [-0.25, -0.2) is 28.5 Å². The third kappa shape index (κ3) is 36.8. The van der Waals surface area contributed by atoms with Gasteiger partial charge in [-0.3, -0.25) is 24.0 Å². The second-order valence-corrected chi connectivity index (χ2v) is 30.9. The summed E-state index contributed by atoms with van der Waals surface area (Å²) < 4.78 is 42.0. The van der Waals surface area contributed by atoms with Crippen LogP contribution in [0.1, 0.15) is 202 Å². The molecular formula is C83H108Cl7CuIN13O18. The van der Waals surface area contributed by atoms with E-state index in [2.05, 4.69) is 79.5 Å². The average molecular weight is 2010 g/mol. The summed E-state index contributed by atoms with van der Waals surface area (Å²) in [4.78, 5) is 109. The topological polar surface area (TPSA) is 406 Å². The number of azide groups is 1. The predicted molar refractivity (Wildman–Crippen MR) is 480 cm³/mol. The molecule has 3 aliphatic heterocycles. The van der Waals surface area contributed by atoms with E-state index in [1.54, 1.807) is 96.1 Å². The zero-order valence-corrected chi connectivity index (χ0v) is 79.4. The molecule has 4 N–H and O–H groups in total. The van der Waals surface area contributed by atoms with Gasteiger partial charge in [0.2, 0.25) is 0 Å². The first-order valence-corrected chi connectivity index (χ1v) is 42.6. The van der Waals surface area contributed by atoms with Gasteiger partial charge in [-0.2, -0.15) is 0 Å². The predicted octanol–water partition coefficient (Wildman–Crippen LogP) is 17.5. The Bertz CT molecular complexity index is 4740. The van der Waals surface area contributed by atoms with Crippen molar-refractivity contribution in [2.45, 2.75) is 185 Å². The van der Waals surface area contributed by atoms with Gasteiger partial charge in [-0.1, -0.05) is 133 Å². The van der Waals surface area contributed by atoms with Gasteiger partial charge >= 0.3 is 81.0 Å². The van der Waals surface area contributed by atoms with Crippen molar-refractivity contribution in [2.75, 3.05) is 62.3 Å². The van der Waals surface area contributed by atoms with Crippen LogP contribution in [0.3, 0.4) is 0 Å². The van der Waals surface area contributed by atoms with Gasteiger partial charge in [0.05, 0.1) is 125 Å². The molecule has 0 saturated carbocycles. The summed E-state index contributed by atoms with van der Waals surface area (Å²) in [7, 11) is 7.94. The number of ether oxygens (including phenoxy) is 7. The number of rotatable bonds is 17. The van der Waals surface area contributed by atoms with Crippen LogP contribution >= 0.6 is 102 Å². The van der Waals surface area contributed by atoms with Gasteiger partial charge in [0.15, 0.2) is 0 Å². The van der Waals surface area contributed by atoms with Crippen LogP contribution in [0.15, 0.2) is 70.7 Å². The number of nitrogens with zero attached hydrogens (tertiary/aromatic N) is 11. The second kappa shape index (κ2) is 57.8. The molecular weight excluding hydrogens is 1910 g/mol. The molecule has 3 aromatic heterocycles. The number of aromatic nitrogens is 6. The molecule has 6 heterocycles. The van der Waals surface area contributed by atoms with Gasteiger partial charge in [-0.15, -0.1) is 47.3 Å². The summed E-state index contributed by atoms with van der Waals surface area (Å²) in [6, 6.07) is 12.3. The van der Waals surface area contributed by atoms with E-state index < -0.39 is 47.4 Å². The Balaban J connectivity index is 0.00000143. The van der Waals surface area contributed by atoms with Crippen LogP contribution in [-0.2, 0) is 117 Å². The van der Waals surface area contributed by atoms with E-state index in [4.69, 9.17) is 117 Å². The maximum absolute atomic E-state index is 12.9. The summed E-state index contributed by atoms with van der Waals surface area (Å²) in [6.07, 6.45) is 18.2. The van der Waals surface area contributed by atoms with E-state index in [9.17, 15) is 43.2 Å². The number of fused-ring (bicyclic) bond motifs is 4. The zero-order chi connectivity index (χ0) is 91.9. The minimum atomic E-state index is -0.831. The molecule has 31 nitrogen and oxygen atoms in total. The Morgan fingerprint density at radius 3 is 1.44 bits per heavy atom. The number of carboxylic acids is 1. The summed E-state index contributed by atoms with van der Waals surface area (Å²) in [5, 5.41) is 33.3. The van der Waals surface area contributed by atoms with Crippen molar-refractivity contribution < 1.29 is 98.6 Å². The van der Waals surface area contributed by atoms with E-state index in [1.807, 2.05) is 87.6 Å². The van der Waals surface area contributed by atoms with Crippen molar-refractivity contribution in [1.29, 1.82) is 0 Å². The van der Waals surface area contributed by atoms with Gasteiger partial charge in [-0.05, 0) is 150 Å². The Labute approximate surface area is 774 Å². The number of carbonyl (C=O) groups excluding carboxylic acids is 8. The molecule has 0 radical (unpaired) electrons. The van der Waals surface area contributed by atoms with Crippen LogP contribution in [0.25, 0.3) is 21.4 Å². The van der Waals surface area contributed by atoms with Gasteiger partial charge < -0.3 is 63.5 Å². The van der Waals surface area contributed by atoms with E-state index in [0.717, 1.165) is 64.0 Å². The number of methoxy groups -OCH3 is 6. The van der Waals surface area contributed by atoms with Crippen molar-refractivity contribution in [3.63, 3.8) is 0 Å². The maximum atomic E-state index is 12.9. The summed E-state index contributed by atoms with van der Waals surface area (Å²) in [5.41, 5.74) is 21.4. The van der Waals surface area contributed by atoms with Crippen LogP contribution in [0, 0.1) is 42.4 Å². The molecule has 10 rings (SSSR count). The van der Waals surface area contributed by atoms with Gasteiger partial charge in [0, 0.05) is 105 Å². The molecule has 3 aliphatic rings. The van der Waals surface area contributed by atoms with Crippen LogP contribution in [0.5, 0.6) is 0 Å². The number of nitrogens with two attached hydrogens (primary N) is 1. The van der Waals surface area contributed by atoms with Crippen molar-refractivity contribution in [2.24, 2.45) is 28.6 Å². The third-order valence-corrected chi connectivity index (χ3v) is 19.4. The molecule has 0 bridgehead atoms. The van der Waals surface area contributed by atoms with Crippen LogP contribution in [-0.4, -0.2) is 179 Å². The number of benzene rings is 4. The van der Waals surface area contributed by atoms with Crippen molar-refractivity contribution in [3.05, 3.63) is 169 Å². The minimum absolute atomic E-state index is 0. The van der Waals surface area contributed by atoms with Crippen LogP contribution in [0.4, 0.5) is 4.79 Å². The molecule has 4 atom stereocenters. The zero-order valence-electron chi connectivity index (χ0n) is 70.9. The molecule has 0 spiro atoms. The first-order valence-electron chi connectivity index (χ1n) is 37.3. The molecule has 123 heavy (non-hydrogen) atoms. The van der Waals surface area contributed by atoms with Gasteiger partial charge in [0.1, 0.15) is 17.2 Å². The quantitative estimate of drug-likeness (QED) is 0.0111. The number of carboxylic acid groups (broad SMARTS) is 1. The fraction of sp³-hybridized carbons (Fsp3) is 0.482. The average Bonchev–Trinajstić information content (AvgIpc) is 0.798. The number of terminal acetylenes is 2. The normalized spacial score (nSPS) is 12.7. The van der Waals surface area contributed by atoms with E-state index in [0.29, 0.717) is 108 Å². The number of furan rings is 1. The fourth-order valence-electron chi connectivity index (χ4n) is 10.9. The Morgan fingerprint density at radius 2 is 1.05 bits per heavy atom. The Hall–Kier alpha value is -8.64. The molecule has 2 amide bonds. The molecule has 0 fully saturated rings. The summed E-state index contributed by atoms with van der Waals surface area (Å²) in [5.74, 6) is 0.457. The van der Waals surface area contributed by atoms with Crippen LogP contribution < -0.4 is 11.1 Å². The fourth-order valence-corrected chi connectivity index (χ4v) is 13.1. The molecule has 680 valence electrons. The number of aliphatic carboxylic acids is 1. The number of halogens is 8. The van der Waals surface area contributed by atoms with Crippen molar-refractivity contribution in [1.82, 2.24) is 45.1 Å². The van der Waals surface area contributed by atoms with Crippen molar-refractivity contribution in [3.8, 4) is 24.7 Å². The van der Waals surface area contributed by atoms with E-state index >= 15 is 0 Å². The first-order chi connectivity index (χ1) is 57.0. The summed E-state index contributed by atoms with van der Waals surface area (Å²) >= 11 is 43.2. The molecule has 0 unspecified atom stereocenters. The summed E-state index contributed by atoms with van der Waals surface area (Å²) in [6.45, 7) is 25.6. The van der Waals surface area contributed by atoms with E-state index in [1.165, 1.54) is 42.7 Å². The monoisotopic (exact) mass is 2010 g/mol. The Morgan fingerprint density at radius 1 is 0.626 bits per heavy atom. The number of nitrogens with one attached hydrogen (secondary N) is 1. The molecule has 0 aliphatic carbocycles. The standard InChI is InChI=1S/C20H15Cl2NO4.C16H19Cl2NO4.C11H11Cl2NO2.C10H17N3O2.C9H16N4O2.C7H10O2.C6H8O2.C3H7N3.CH4.ClH.Cu.HI/c1-26-20(25)17-15(21)8-13-10-23(6-4-14(13)18(17)22)19(24)12-3-2-11-5-7-27-16(11)9-12;1-16(2,3)23-15(21)19-6-5-10-9(8-19)7-11(17)12(13(10)18)14(20)22-4;1-16-11(15)9-8(12)4-6-5-14-3-2-7(6)10(9)13;1-7(2)13-6-9(11-12-13)5-8(3)10(14)15-4;1-6(2)13-5-7(11-12-13)4-8(10)9(14)15-3;1-4-5-6(2)7(8)9-3;1-3-4-5(2)6(7)8;1-3(2)5-6-4;;;;/h2-3,5,7-9H,4,6,10H2,1H3;7H,5-6,8H2,1-4H3;4,14H,2-3,5H2,1H3;6-8H,5H2,1-4H3;5-6,8H,4,10H2,1-3H3;1,6H,5H2,2-3H3;1,5H,4H2,2H3,(H,7,8);3H,1-2H3;1H4;1H;;1H/q;;;;;;;;;;+1;/p-1/t;;;2*8-;6-;5-;;;;;/m...0000...../s1. The number of hydrogen-bond acceptors (Lipinski definition) is 24. The molecule has 7 aromatic rings.